The highest BCUT2D eigenvalue weighted by Gasteiger charge is 2.06. The molecule has 0 fully saturated rings. The van der Waals surface area contributed by atoms with Crippen LogP contribution in [0.4, 0.5) is 4.39 Å². The number of nitriles is 1. The molecule has 92 valence electrons. The van der Waals surface area contributed by atoms with Crippen molar-refractivity contribution < 1.29 is 9.18 Å². The second-order valence-corrected chi connectivity index (χ2v) is 3.91. The monoisotopic (exact) mass is 251 g/mol. The lowest BCUT2D eigenvalue weighted by molar-refractivity contribution is 0.104. The molecule has 0 aliphatic rings. The van der Waals surface area contributed by atoms with Gasteiger partial charge in [-0.1, -0.05) is 30.3 Å². The Hall–Kier alpha value is -2.73. The molecule has 0 atom stereocenters. The number of allylic oxidation sites excluding steroid dienone is 1. The van der Waals surface area contributed by atoms with Crippen molar-refractivity contribution in [3.05, 3.63) is 77.1 Å². The van der Waals surface area contributed by atoms with Crippen LogP contribution in [0.5, 0.6) is 0 Å². The van der Waals surface area contributed by atoms with Crippen molar-refractivity contribution in [3.8, 4) is 6.07 Å². The summed E-state index contributed by atoms with van der Waals surface area (Å²) in [5.74, 6) is -0.917. The van der Waals surface area contributed by atoms with E-state index in [2.05, 4.69) is 0 Å². The lowest BCUT2D eigenvalue weighted by Crippen LogP contribution is -1.97. The minimum atomic E-state index is -0.531. The Balaban J connectivity index is 2.16. The molecule has 0 spiro atoms. The Morgan fingerprint density at radius 3 is 2.42 bits per heavy atom. The van der Waals surface area contributed by atoms with E-state index in [9.17, 15) is 9.18 Å². The maximum atomic E-state index is 13.4. The van der Waals surface area contributed by atoms with Gasteiger partial charge in [0, 0.05) is 0 Å². The molecule has 0 aliphatic heterocycles. The first-order valence-corrected chi connectivity index (χ1v) is 5.68. The van der Waals surface area contributed by atoms with Crippen LogP contribution in [0.15, 0.2) is 54.6 Å². The van der Waals surface area contributed by atoms with Gasteiger partial charge in [0.15, 0.2) is 5.78 Å². The second-order valence-electron chi connectivity index (χ2n) is 3.91. The highest BCUT2D eigenvalue weighted by Crippen LogP contribution is 2.10. The summed E-state index contributed by atoms with van der Waals surface area (Å²) >= 11 is 0. The fourth-order valence-electron chi connectivity index (χ4n) is 1.59. The van der Waals surface area contributed by atoms with Gasteiger partial charge >= 0.3 is 0 Å². The molecule has 0 unspecified atom stereocenters. The van der Waals surface area contributed by atoms with E-state index in [-0.39, 0.29) is 11.3 Å². The fraction of sp³-hybridized carbons (Fsp3) is 0. The highest BCUT2D eigenvalue weighted by atomic mass is 19.1. The van der Waals surface area contributed by atoms with Gasteiger partial charge in [-0.05, 0) is 35.9 Å². The molecule has 2 aromatic carbocycles. The van der Waals surface area contributed by atoms with Crippen LogP contribution in [0.2, 0.25) is 0 Å². The number of carbonyl (C=O) groups is 1. The lowest BCUT2D eigenvalue weighted by atomic mass is 10.1. The van der Waals surface area contributed by atoms with Crippen molar-refractivity contribution in [2.45, 2.75) is 0 Å². The van der Waals surface area contributed by atoms with Gasteiger partial charge in [-0.2, -0.15) is 5.26 Å². The van der Waals surface area contributed by atoms with E-state index < -0.39 is 5.82 Å². The Morgan fingerprint density at radius 1 is 1.11 bits per heavy atom. The van der Waals surface area contributed by atoms with Gasteiger partial charge in [0.2, 0.25) is 0 Å². The van der Waals surface area contributed by atoms with Gasteiger partial charge in [-0.15, -0.1) is 0 Å². The van der Waals surface area contributed by atoms with Gasteiger partial charge in [0.25, 0.3) is 0 Å². The van der Waals surface area contributed by atoms with Crippen LogP contribution in [0.1, 0.15) is 21.5 Å². The number of halogens is 1. The van der Waals surface area contributed by atoms with E-state index in [0.717, 1.165) is 5.56 Å². The molecule has 0 amide bonds. The SMILES string of the molecule is N#Cc1ccc(/C=C/C(=O)c2ccccc2F)cc1. The zero-order valence-electron chi connectivity index (χ0n) is 10.0. The molecule has 0 saturated carbocycles. The quantitative estimate of drug-likeness (QED) is 0.617. The number of carbonyl (C=O) groups excluding carboxylic acids is 1. The van der Waals surface area contributed by atoms with Crippen LogP contribution in [-0.2, 0) is 0 Å². The first-order chi connectivity index (χ1) is 9.20. The molecule has 0 N–H and O–H groups in total. The van der Waals surface area contributed by atoms with Gasteiger partial charge in [-0.3, -0.25) is 4.79 Å². The third-order valence-corrected chi connectivity index (χ3v) is 2.61. The largest absolute Gasteiger partial charge is 0.289 e. The number of nitrogens with zero attached hydrogens (tertiary/aromatic N) is 1. The van der Waals surface area contributed by atoms with Crippen LogP contribution in [0.25, 0.3) is 6.08 Å². The van der Waals surface area contributed by atoms with Gasteiger partial charge < -0.3 is 0 Å². The zero-order valence-corrected chi connectivity index (χ0v) is 10.0. The maximum Gasteiger partial charge on any atom is 0.188 e. The van der Waals surface area contributed by atoms with Gasteiger partial charge in [0.05, 0.1) is 17.2 Å². The summed E-state index contributed by atoms with van der Waals surface area (Å²) in [7, 11) is 0. The first kappa shape index (κ1) is 12.7. The normalized spacial score (nSPS) is 10.3. The second kappa shape index (κ2) is 5.74. The molecule has 0 saturated heterocycles. The van der Waals surface area contributed by atoms with Crippen LogP contribution in [0.3, 0.4) is 0 Å². The van der Waals surface area contributed by atoms with Crippen LogP contribution >= 0.6 is 0 Å². The Kier molecular flexibility index (Phi) is 3.84. The van der Waals surface area contributed by atoms with Crippen LogP contribution in [0, 0.1) is 17.1 Å². The molecule has 0 bridgehead atoms. The molecule has 3 heteroatoms. The summed E-state index contributed by atoms with van der Waals surface area (Å²) < 4.78 is 13.4. The first-order valence-electron chi connectivity index (χ1n) is 5.68. The summed E-state index contributed by atoms with van der Waals surface area (Å²) in [4.78, 5) is 11.8. The lowest BCUT2D eigenvalue weighted by Gasteiger charge is -1.97. The zero-order chi connectivity index (χ0) is 13.7. The van der Waals surface area contributed by atoms with Crippen LogP contribution in [-0.4, -0.2) is 5.78 Å². The fourth-order valence-corrected chi connectivity index (χ4v) is 1.59. The van der Waals surface area contributed by atoms with E-state index >= 15 is 0 Å². The summed E-state index contributed by atoms with van der Waals surface area (Å²) in [6.45, 7) is 0. The van der Waals surface area contributed by atoms with Crippen molar-refractivity contribution >= 4 is 11.9 Å². The average molecular weight is 251 g/mol. The third kappa shape index (κ3) is 3.14. The van der Waals surface area contributed by atoms with Crippen LogP contribution < -0.4 is 0 Å². The van der Waals surface area contributed by atoms with Gasteiger partial charge in [0.1, 0.15) is 5.82 Å². The predicted octanol–water partition coefficient (Wildman–Crippen LogP) is 3.59. The molecule has 0 heterocycles. The molecule has 19 heavy (non-hydrogen) atoms. The minimum Gasteiger partial charge on any atom is -0.289 e. The smallest absolute Gasteiger partial charge is 0.188 e. The van der Waals surface area contributed by atoms with Crippen molar-refractivity contribution in [1.29, 1.82) is 5.26 Å². The molecule has 2 nitrogen and oxygen atoms in total. The number of hydrogen-bond acceptors (Lipinski definition) is 2. The maximum absolute atomic E-state index is 13.4. The molecule has 0 radical (unpaired) electrons. The topological polar surface area (TPSA) is 40.9 Å². The van der Waals surface area contributed by atoms with E-state index in [0.29, 0.717) is 5.56 Å². The Labute approximate surface area is 110 Å². The number of benzene rings is 2. The highest BCUT2D eigenvalue weighted by molar-refractivity contribution is 6.06. The number of hydrogen-bond donors (Lipinski definition) is 0. The summed E-state index contributed by atoms with van der Waals surface area (Å²) in [5, 5.41) is 8.66. The third-order valence-electron chi connectivity index (χ3n) is 2.61. The Bertz CT molecular complexity index is 666. The molecule has 0 aliphatic carbocycles. The Morgan fingerprint density at radius 2 is 1.79 bits per heavy atom. The molecular weight excluding hydrogens is 241 g/mol. The van der Waals surface area contributed by atoms with E-state index in [1.807, 2.05) is 6.07 Å². The van der Waals surface area contributed by atoms with E-state index in [4.69, 9.17) is 5.26 Å². The van der Waals surface area contributed by atoms with E-state index in [1.54, 1.807) is 36.4 Å². The van der Waals surface area contributed by atoms with Crippen molar-refractivity contribution in [2.24, 2.45) is 0 Å². The average Bonchev–Trinajstić information content (AvgIpc) is 2.46. The van der Waals surface area contributed by atoms with Crippen molar-refractivity contribution in [2.75, 3.05) is 0 Å². The molecule has 0 aromatic heterocycles. The standard InChI is InChI=1S/C16H10FNO/c17-15-4-2-1-3-14(15)16(19)10-9-12-5-7-13(11-18)8-6-12/h1-10H/b10-9+. The van der Waals surface area contributed by atoms with Crippen molar-refractivity contribution in [3.63, 3.8) is 0 Å². The van der Waals surface area contributed by atoms with Gasteiger partial charge in [-0.25, -0.2) is 4.39 Å². The molecule has 2 rings (SSSR count). The summed E-state index contributed by atoms with van der Waals surface area (Å²) in [6.07, 6.45) is 2.91. The number of rotatable bonds is 3. The minimum absolute atomic E-state index is 0.0485. The summed E-state index contributed by atoms with van der Waals surface area (Å²) in [5.41, 5.74) is 1.38. The summed E-state index contributed by atoms with van der Waals surface area (Å²) in [6, 6.07) is 14.6. The molecule has 2 aromatic rings. The predicted molar refractivity (Wildman–Crippen MR) is 70.9 cm³/mol. The van der Waals surface area contributed by atoms with E-state index in [1.165, 1.54) is 24.3 Å². The number of ketones is 1. The molecular formula is C16H10FNO. The van der Waals surface area contributed by atoms with Crippen molar-refractivity contribution in [1.82, 2.24) is 0 Å².